The van der Waals surface area contributed by atoms with Crippen molar-refractivity contribution in [1.82, 2.24) is 9.80 Å². The van der Waals surface area contributed by atoms with E-state index in [9.17, 15) is 5.11 Å². The first-order valence-corrected chi connectivity index (χ1v) is 7.51. The Morgan fingerprint density at radius 2 is 2.22 bits per heavy atom. The van der Waals surface area contributed by atoms with Crippen LogP contribution < -0.4 is 0 Å². The predicted octanol–water partition coefficient (Wildman–Crippen LogP) is 0.944. The van der Waals surface area contributed by atoms with Crippen LogP contribution in [-0.2, 0) is 4.74 Å². The minimum absolute atomic E-state index is 0.324. The number of rotatable bonds is 7. The molecule has 0 aliphatic carbocycles. The van der Waals surface area contributed by atoms with Crippen molar-refractivity contribution >= 4 is 0 Å². The SMILES string of the molecule is CCCCOCC(O)CN1CCN2CCCC2C1. The third-order valence-electron chi connectivity index (χ3n) is 4.09. The molecule has 0 amide bonds. The second kappa shape index (κ2) is 7.43. The van der Waals surface area contributed by atoms with E-state index in [0.29, 0.717) is 6.61 Å². The van der Waals surface area contributed by atoms with Crippen molar-refractivity contribution in [2.24, 2.45) is 0 Å². The van der Waals surface area contributed by atoms with Crippen LogP contribution in [-0.4, -0.2) is 73.0 Å². The van der Waals surface area contributed by atoms with E-state index in [2.05, 4.69) is 16.7 Å². The van der Waals surface area contributed by atoms with Crippen molar-refractivity contribution in [1.29, 1.82) is 0 Å². The summed E-state index contributed by atoms with van der Waals surface area (Å²) in [6.45, 7) is 8.88. The van der Waals surface area contributed by atoms with Gasteiger partial charge in [-0.15, -0.1) is 0 Å². The van der Waals surface area contributed by atoms with Gasteiger partial charge in [0.25, 0.3) is 0 Å². The Morgan fingerprint density at radius 3 is 3.06 bits per heavy atom. The summed E-state index contributed by atoms with van der Waals surface area (Å²) >= 11 is 0. The van der Waals surface area contributed by atoms with Crippen molar-refractivity contribution in [2.45, 2.75) is 44.8 Å². The summed E-state index contributed by atoms with van der Waals surface area (Å²) in [5.74, 6) is 0. The number of hydrogen-bond acceptors (Lipinski definition) is 4. The maximum atomic E-state index is 9.96. The van der Waals surface area contributed by atoms with Crippen LogP contribution in [0.4, 0.5) is 0 Å². The van der Waals surface area contributed by atoms with Gasteiger partial charge in [0, 0.05) is 38.8 Å². The van der Waals surface area contributed by atoms with Gasteiger partial charge in [-0.1, -0.05) is 13.3 Å². The first-order chi connectivity index (χ1) is 8.79. The van der Waals surface area contributed by atoms with Crippen LogP contribution in [0, 0.1) is 0 Å². The van der Waals surface area contributed by atoms with E-state index >= 15 is 0 Å². The lowest BCUT2D eigenvalue weighted by molar-refractivity contribution is 0.00148. The van der Waals surface area contributed by atoms with Crippen molar-refractivity contribution < 1.29 is 9.84 Å². The summed E-state index contributed by atoms with van der Waals surface area (Å²) in [6, 6.07) is 0.743. The molecule has 0 spiro atoms. The summed E-state index contributed by atoms with van der Waals surface area (Å²) in [7, 11) is 0. The van der Waals surface area contributed by atoms with Gasteiger partial charge in [0.15, 0.2) is 0 Å². The van der Waals surface area contributed by atoms with Crippen molar-refractivity contribution in [3.05, 3.63) is 0 Å². The molecule has 2 unspecified atom stereocenters. The van der Waals surface area contributed by atoms with Crippen LogP contribution in [0.1, 0.15) is 32.6 Å². The molecular formula is C14H28N2O2. The molecule has 2 fully saturated rings. The van der Waals surface area contributed by atoms with E-state index in [1.807, 2.05) is 0 Å². The molecule has 0 aromatic carbocycles. The molecule has 4 heteroatoms. The smallest absolute Gasteiger partial charge is 0.0900 e. The third-order valence-corrected chi connectivity index (χ3v) is 4.09. The molecule has 0 bridgehead atoms. The topological polar surface area (TPSA) is 35.9 Å². The largest absolute Gasteiger partial charge is 0.389 e. The molecule has 0 aromatic rings. The number of β-amino-alcohol motifs (C(OH)–C–C–N with tert-alkyl or cyclic N) is 1. The van der Waals surface area contributed by atoms with Crippen molar-refractivity contribution in [2.75, 3.05) is 45.9 Å². The van der Waals surface area contributed by atoms with Crippen molar-refractivity contribution in [3.63, 3.8) is 0 Å². The first kappa shape index (κ1) is 14.3. The summed E-state index contributed by atoms with van der Waals surface area (Å²) < 4.78 is 5.48. The number of ether oxygens (including phenoxy) is 1. The lowest BCUT2D eigenvalue weighted by Crippen LogP contribution is -2.52. The molecule has 0 radical (unpaired) electrons. The highest BCUT2D eigenvalue weighted by Gasteiger charge is 2.30. The summed E-state index contributed by atoms with van der Waals surface area (Å²) in [4.78, 5) is 5.00. The lowest BCUT2D eigenvalue weighted by Gasteiger charge is -2.38. The van der Waals surface area contributed by atoms with Crippen LogP contribution in [0.25, 0.3) is 0 Å². The molecule has 2 heterocycles. The van der Waals surface area contributed by atoms with Gasteiger partial charge in [-0.3, -0.25) is 9.80 Å². The Hall–Kier alpha value is -0.160. The number of aliphatic hydroxyl groups excluding tert-OH is 1. The molecule has 0 aromatic heterocycles. The first-order valence-electron chi connectivity index (χ1n) is 7.51. The Labute approximate surface area is 111 Å². The van der Waals surface area contributed by atoms with E-state index < -0.39 is 0 Å². The van der Waals surface area contributed by atoms with Gasteiger partial charge in [0.2, 0.25) is 0 Å². The van der Waals surface area contributed by atoms with Crippen molar-refractivity contribution in [3.8, 4) is 0 Å². The third kappa shape index (κ3) is 4.19. The van der Waals surface area contributed by atoms with E-state index in [0.717, 1.165) is 45.1 Å². The van der Waals surface area contributed by atoms with Crippen LogP contribution in [0.15, 0.2) is 0 Å². The quantitative estimate of drug-likeness (QED) is 0.688. The fourth-order valence-corrected chi connectivity index (χ4v) is 3.04. The fraction of sp³-hybridized carbons (Fsp3) is 1.00. The Bertz CT molecular complexity index is 238. The number of fused-ring (bicyclic) bond motifs is 1. The normalized spacial score (nSPS) is 27.3. The molecular weight excluding hydrogens is 228 g/mol. The standard InChI is InChI=1S/C14H28N2O2/c1-2-3-9-18-12-14(17)11-15-7-8-16-6-4-5-13(16)10-15/h13-14,17H,2-12H2,1H3. The van der Waals surface area contributed by atoms with Gasteiger partial charge in [0.05, 0.1) is 12.7 Å². The van der Waals surface area contributed by atoms with Gasteiger partial charge in [0.1, 0.15) is 0 Å². The molecule has 106 valence electrons. The van der Waals surface area contributed by atoms with Crippen LogP contribution in [0.5, 0.6) is 0 Å². The highest BCUT2D eigenvalue weighted by Crippen LogP contribution is 2.21. The maximum absolute atomic E-state index is 9.96. The van der Waals surface area contributed by atoms with Crippen LogP contribution in [0.2, 0.25) is 0 Å². The number of unbranched alkanes of at least 4 members (excludes halogenated alkanes) is 1. The fourth-order valence-electron chi connectivity index (χ4n) is 3.04. The molecule has 0 saturated carbocycles. The van der Waals surface area contributed by atoms with E-state index in [4.69, 9.17) is 4.74 Å². The van der Waals surface area contributed by atoms with E-state index in [-0.39, 0.29) is 6.10 Å². The molecule has 4 nitrogen and oxygen atoms in total. The second-order valence-electron chi connectivity index (χ2n) is 5.67. The Balaban J connectivity index is 1.60. The molecule has 2 rings (SSSR count). The average Bonchev–Trinajstić information content (AvgIpc) is 2.82. The van der Waals surface area contributed by atoms with Gasteiger partial charge < -0.3 is 9.84 Å². The zero-order valence-corrected chi connectivity index (χ0v) is 11.7. The average molecular weight is 256 g/mol. The van der Waals surface area contributed by atoms with E-state index in [1.165, 1.54) is 25.9 Å². The molecule has 2 atom stereocenters. The van der Waals surface area contributed by atoms with Crippen LogP contribution in [0.3, 0.4) is 0 Å². The van der Waals surface area contributed by atoms with E-state index in [1.54, 1.807) is 0 Å². The molecule has 2 aliphatic heterocycles. The number of hydrogen-bond donors (Lipinski definition) is 1. The van der Waals surface area contributed by atoms with Gasteiger partial charge in [-0.05, 0) is 25.8 Å². The zero-order chi connectivity index (χ0) is 12.8. The number of nitrogens with zero attached hydrogens (tertiary/aromatic N) is 2. The maximum Gasteiger partial charge on any atom is 0.0900 e. The second-order valence-corrected chi connectivity index (χ2v) is 5.67. The summed E-state index contributed by atoms with van der Waals surface area (Å²) in [6.07, 6.45) is 4.60. The monoisotopic (exact) mass is 256 g/mol. The molecule has 18 heavy (non-hydrogen) atoms. The van der Waals surface area contributed by atoms with Crippen LogP contribution >= 0.6 is 0 Å². The Kier molecular flexibility index (Phi) is 5.89. The molecule has 2 aliphatic rings. The minimum Gasteiger partial charge on any atom is -0.389 e. The number of piperazine rings is 1. The highest BCUT2D eigenvalue weighted by atomic mass is 16.5. The molecule has 2 saturated heterocycles. The molecule has 1 N–H and O–H groups in total. The lowest BCUT2D eigenvalue weighted by atomic mass is 10.1. The Morgan fingerprint density at radius 1 is 1.33 bits per heavy atom. The summed E-state index contributed by atoms with van der Waals surface area (Å²) in [5.41, 5.74) is 0. The van der Waals surface area contributed by atoms with Gasteiger partial charge in [-0.2, -0.15) is 0 Å². The zero-order valence-electron chi connectivity index (χ0n) is 11.7. The minimum atomic E-state index is -0.324. The predicted molar refractivity (Wildman–Crippen MR) is 72.8 cm³/mol. The van der Waals surface area contributed by atoms with Gasteiger partial charge in [-0.25, -0.2) is 0 Å². The summed E-state index contributed by atoms with van der Waals surface area (Å²) in [5, 5.41) is 9.96. The number of aliphatic hydroxyl groups is 1. The van der Waals surface area contributed by atoms with Gasteiger partial charge >= 0.3 is 0 Å². The highest BCUT2D eigenvalue weighted by molar-refractivity contribution is 4.87.